The van der Waals surface area contributed by atoms with E-state index in [0.29, 0.717) is 0 Å². The van der Waals surface area contributed by atoms with Crippen LogP contribution in [0.2, 0.25) is 0 Å². The summed E-state index contributed by atoms with van der Waals surface area (Å²) >= 11 is 3.78. The van der Waals surface area contributed by atoms with Gasteiger partial charge in [-0.25, -0.2) is 0 Å². The van der Waals surface area contributed by atoms with E-state index in [2.05, 4.69) is 117 Å². The first-order valence-corrected chi connectivity index (χ1v) is 14.3. The summed E-state index contributed by atoms with van der Waals surface area (Å²) in [6.07, 6.45) is 11.7. The summed E-state index contributed by atoms with van der Waals surface area (Å²) in [5, 5.41) is 2.66. The quantitative estimate of drug-likeness (QED) is 0.263. The first kappa shape index (κ1) is 27.2. The molecule has 0 N–H and O–H groups in total. The molecular weight excluding hydrogens is 591 g/mol. The number of nitrogens with zero attached hydrogens (tertiary/aromatic N) is 2. The summed E-state index contributed by atoms with van der Waals surface area (Å²) in [6.45, 7) is 13.5. The smallest absolute Gasteiger partial charge is 0.262 e. The topological polar surface area (TPSA) is 7.12 Å². The Hall–Kier alpha value is -1.83. The number of fused-ring (bicyclic) bond motifs is 2. The zero-order valence-electron chi connectivity index (χ0n) is 21.8. The van der Waals surface area contributed by atoms with E-state index in [9.17, 15) is 0 Å². The Morgan fingerprint density at radius 1 is 1.06 bits per heavy atom. The number of thioether (sulfide) groups is 1. The summed E-state index contributed by atoms with van der Waals surface area (Å²) in [6, 6.07) is 17.5. The molecule has 1 aliphatic heterocycles. The van der Waals surface area contributed by atoms with Crippen molar-refractivity contribution >= 4 is 45.1 Å². The fourth-order valence-electron chi connectivity index (χ4n) is 5.25. The lowest BCUT2D eigenvalue weighted by atomic mass is 9.74. The maximum absolute atomic E-state index is 2.45. The van der Waals surface area contributed by atoms with Gasteiger partial charge in [-0.15, -0.1) is 0 Å². The molecule has 5 rings (SSSR count). The van der Waals surface area contributed by atoms with Crippen molar-refractivity contribution in [3.05, 3.63) is 93.5 Å². The van der Waals surface area contributed by atoms with Crippen LogP contribution in [-0.4, -0.2) is 6.54 Å². The number of aryl methyl sites for hydroxylation is 1. The molecule has 0 saturated carbocycles. The Morgan fingerprint density at radius 2 is 1.81 bits per heavy atom. The van der Waals surface area contributed by atoms with Crippen molar-refractivity contribution in [3.8, 4) is 0 Å². The van der Waals surface area contributed by atoms with Gasteiger partial charge in [0.2, 0.25) is 5.52 Å². The van der Waals surface area contributed by atoms with E-state index in [1.165, 1.54) is 47.6 Å². The van der Waals surface area contributed by atoms with Gasteiger partial charge in [-0.3, -0.25) is 0 Å². The van der Waals surface area contributed by atoms with Crippen LogP contribution in [0.1, 0.15) is 52.5 Å². The molecule has 0 fully saturated rings. The first-order valence-electron chi connectivity index (χ1n) is 12.6. The third-order valence-corrected chi connectivity index (χ3v) is 9.15. The zero-order valence-corrected chi connectivity index (χ0v) is 25.6. The second-order valence-corrected chi connectivity index (χ2v) is 12.4. The van der Waals surface area contributed by atoms with Crippen LogP contribution in [0.25, 0.3) is 16.3 Å². The molecule has 0 bridgehead atoms. The van der Waals surface area contributed by atoms with E-state index < -0.39 is 0 Å². The second kappa shape index (κ2) is 11.3. The standard InChI is InChI=1S/C31H35N2S2.HI/c1-6-32-25-12-8-10-14-27(25)34-29(32)17-16-22(3)24-18-23(20-31(4,5)21-24)19-30-33(7-2)26-13-9-11-15-28(26)35-30;/h8-19H,6-7,20-21H2,1-5H3;1H/q+1;/p-1. The highest BCUT2D eigenvalue weighted by molar-refractivity contribution is 8.03. The molecule has 0 saturated heterocycles. The van der Waals surface area contributed by atoms with Crippen LogP contribution in [0.5, 0.6) is 0 Å². The van der Waals surface area contributed by atoms with Crippen molar-refractivity contribution < 1.29 is 28.5 Å². The van der Waals surface area contributed by atoms with Gasteiger partial charge in [-0.05, 0) is 80.0 Å². The Balaban J connectivity index is 0.00000304. The fraction of sp³-hybridized carbons (Fsp3) is 0.323. The Kier molecular flexibility index (Phi) is 8.52. The molecule has 36 heavy (non-hydrogen) atoms. The average molecular weight is 627 g/mol. The third kappa shape index (κ3) is 5.53. The predicted molar refractivity (Wildman–Crippen MR) is 154 cm³/mol. The number of benzene rings is 2. The van der Waals surface area contributed by atoms with Crippen molar-refractivity contribution in [1.82, 2.24) is 0 Å². The predicted octanol–water partition coefficient (Wildman–Crippen LogP) is 5.76. The molecule has 5 heteroatoms. The molecule has 188 valence electrons. The van der Waals surface area contributed by atoms with Gasteiger partial charge in [0, 0.05) is 23.6 Å². The van der Waals surface area contributed by atoms with Gasteiger partial charge in [0.25, 0.3) is 5.01 Å². The van der Waals surface area contributed by atoms with Gasteiger partial charge < -0.3 is 28.9 Å². The van der Waals surface area contributed by atoms with E-state index in [-0.39, 0.29) is 29.4 Å². The number of allylic oxidation sites excluding steroid dienone is 6. The number of aromatic nitrogens is 1. The molecule has 0 amide bonds. The number of hydrogen-bond acceptors (Lipinski definition) is 3. The van der Waals surface area contributed by atoms with Crippen LogP contribution >= 0.6 is 23.1 Å². The molecule has 2 nitrogen and oxygen atoms in total. The molecule has 0 unspecified atom stereocenters. The highest BCUT2D eigenvalue weighted by Crippen LogP contribution is 2.47. The first-order chi connectivity index (χ1) is 16.9. The number of thiazole rings is 1. The molecule has 0 atom stereocenters. The molecule has 0 spiro atoms. The van der Waals surface area contributed by atoms with Crippen LogP contribution in [0.4, 0.5) is 5.69 Å². The van der Waals surface area contributed by atoms with Crippen LogP contribution in [-0.2, 0) is 6.54 Å². The van der Waals surface area contributed by atoms with Crippen LogP contribution in [0.3, 0.4) is 0 Å². The second-order valence-electron chi connectivity index (χ2n) is 10.2. The van der Waals surface area contributed by atoms with E-state index in [0.717, 1.165) is 25.9 Å². The summed E-state index contributed by atoms with van der Waals surface area (Å²) in [5.41, 5.74) is 7.17. The summed E-state index contributed by atoms with van der Waals surface area (Å²) in [4.78, 5) is 3.81. The maximum Gasteiger partial charge on any atom is 0.262 e. The fourth-order valence-corrected chi connectivity index (χ4v) is 7.59. The summed E-state index contributed by atoms with van der Waals surface area (Å²) in [5.74, 6) is 0. The van der Waals surface area contributed by atoms with E-state index in [1.54, 1.807) is 0 Å². The van der Waals surface area contributed by atoms with Crippen LogP contribution < -0.4 is 33.4 Å². The minimum Gasteiger partial charge on any atom is -1.00 e. The normalized spacial score (nSPS) is 19.5. The van der Waals surface area contributed by atoms with Crippen molar-refractivity contribution in [1.29, 1.82) is 0 Å². The SMILES string of the molecule is CCN1/C(=C/C2=CC(=C(C)\C=C/c3sc4ccccc4[n+]3CC)/CC(C)(C)C2)Sc2ccccc21.[I-]. The summed E-state index contributed by atoms with van der Waals surface area (Å²) in [7, 11) is 0. The Bertz CT molecular complexity index is 1390. The summed E-state index contributed by atoms with van der Waals surface area (Å²) < 4.78 is 3.77. The lowest BCUT2D eigenvalue weighted by molar-refractivity contribution is -0.665. The van der Waals surface area contributed by atoms with E-state index in [1.807, 2.05) is 23.1 Å². The van der Waals surface area contributed by atoms with Crippen LogP contribution in [0, 0.1) is 5.41 Å². The van der Waals surface area contributed by atoms with Crippen molar-refractivity contribution in [2.75, 3.05) is 11.4 Å². The molecule has 2 aromatic carbocycles. The van der Waals surface area contributed by atoms with Gasteiger partial charge in [0.15, 0.2) is 0 Å². The molecule has 1 aliphatic carbocycles. The number of hydrogen-bond donors (Lipinski definition) is 0. The van der Waals surface area contributed by atoms with Crippen molar-refractivity contribution in [3.63, 3.8) is 0 Å². The molecule has 3 aromatic rings. The number of rotatable bonds is 5. The van der Waals surface area contributed by atoms with E-state index >= 15 is 0 Å². The lowest BCUT2D eigenvalue weighted by Gasteiger charge is -2.31. The zero-order chi connectivity index (χ0) is 24.6. The lowest BCUT2D eigenvalue weighted by Crippen LogP contribution is -3.00. The molecule has 1 aromatic heterocycles. The minimum atomic E-state index is 0. The highest BCUT2D eigenvalue weighted by atomic mass is 127. The molecule has 2 heterocycles. The van der Waals surface area contributed by atoms with Crippen molar-refractivity contribution in [2.45, 2.75) is 58.9 Å². The highest BCUT2D eigenvalue weighted by Gasteiger charge is 2.28. The van der Waals surface area contributed by atoms with Crippen molar-refractivity contribution in [2.24, 2.45) is 5.41 Å². The van der Waals surface area contributed by atoms with Gasteiger partial charge in [0.05, 0.1) is 10.7 Å². The monoisotopic (exact) mass is 626 g/mol. The number of para-hydroxylation sites is 2. The van der Waals surface area contributed by atoms with Gasteiger partial charge >= 0.3 is 0 Å². The van der Waals surface area contributed by atoms with Crippen LogP contribution in [0.15, 0.2) is 93.4 Å². The van der Waals surface area contributed by atoms with Gasteiger partial charge in [0.1, 0.15) is 11.2 Å². The maximum atomic E-state index is 2.45. The largest absolute Gasteiger partial charge is 1.00 e. The Morgan fingerprint density at radius 3 is 2.58 bits per heavy atom. The van der Waals surface area contributed by atoms with Gasteiger partial charge in [-0.1, -0.05) is 73.4 Å². The third-order valence-electron chi connectivity index (χ3n) is 6.91. The Labute approximate surface area is 241 Å². The molecular formula is C31H35IN2S2. The minimum absolute atomic E-state index is 0. The number of halogens is 1. The van der Waals surface area contributed by atoms with E-state index in [4.69, 9.17) is 0 Å². The van der Waals surface area contributed by atoms with Gasteiger partial charge in [-0.2, -0.15) is 4.57 Å². The average Bonchev–Trinajstić information content (AvgIpc) is 3.38. The molecule has 2 aliphatic rings. The molecule has 0 radical (unpaired) electrons. The number of anilines is 1.